The molecule has 0 aliphatic heterocycles. The molecule has 0 aliphatic rings. The molecule has 0 amide bonds. The van der Waals surface area contributed by atoms with Gasteiger partial charge in [-0.2, -0.15) is 8.42 Å². The van der Waals surface area contributed by atoms with Crippen molar-refractivity contribution in [2.24, 2.45) is 0 Å². The molecule has 5 heteroatoms. The molecule has 22 heavy (non-hydrogen) atoms. The Morgan fingerprint density at radius 2 is 1.23 bits per heavy atom. The van der Waals surface area contributed by atoms with Crippen molar-refractivity contribution in [1.82, 2.24) is 0 Å². The van der Waals surface area contributed by atoms with Crippen LogP contribution in [0, 0.1) is 0 Å². The lowest BCUT2D eigenvalue weighted by atomic mass is 10.0. The van der Waals surface area contributed by atoms with Crippen LogP contribution in [0.4, 0.5) is 0 Å². The van der Waals surface area contributed by atoms with Gasteiger partial charge in [-0.15, -0.1) is 0 Å². The van der Waals surface area contributed by atoms with E-state index < -0.39 is 21.5 Å². The normalized spacial score (nSPS) is 14.9. The maximum absolute atomic E-state index is 11.4. The molecule has 134 valence electrons. The van der Waals surface area contributed by atoms with Crippen LogP contribution in [0.25, 0.3) is 0 Å². The lowest BCUT2D eigenvalue weighted by Gasteiger charge is -2.16. The molecule has 0 aromatic rings. The Bertz CT molecular complexity index is 341. The van der Waals surface area contributed by atoms with Crippen LogP contribution in [0.1, 0.15) is 97.3 Å². The highest BCUT2D eigenvalue weighted by Crippen LogP contribution is 2.19. The molecular weight excluding hydrogens is 300 g/mol. The zero-order valence-electron chi connectivity index (χ0n) is 14.5. The van der Waals surface area contributed by atoms with Crippen molar-refractivity contribution in [3.63, 3.8) is 0 Å². The van der Waals surface area contributed by atoms with Crippen molar-refractivity contribution in [3.8, 4) is 0 Å². The molecule has 0 heterocycles. The largest absolute Gasteiger partial charge is 0.393 e. The summed E-state index contributed by atoms with van der Waals surface area (Å²) in [5.74, 6) is 0. The van der Waals surface area contributed by atoms with Gasteiger partial charge in [0.1, 0.15) is 0 Å². The summed E-state index contributed by atoms with van der Waals surface area (Å²) in [5.41, 5.74) is 0. The van der Waals surface area contributed by atoms with Gasteiger partial charge in [0.25, 0.3) is 10.1 Å². The van der Waals surface area contributed by atoms with Gasteiger partial charge in [0.2, 0.25) is 0 Å². The van der Waals surface area contributed by atoms with Crippen LogP contribution in [0.3, 0.4) is 0 Å². The minimum atomic E-state index is -3.99. The minimum absolute atomic E-state index is 0.362. The van der Waals surface area contributed by atoms with Crippen LogP contribution >= 0.6 is 0 Å². The number of hydrogen-bond acceptors (Lipinski definition) is 3. The highest BCUT2D eigenvalue weighted by Gasteiger charge is 2.23. The monoisotopic (exact) mass is 336 g/mol. The topological polar surface area (TPSA) is 74.6 Å². The second-order valence-electron chi connectivity index (χ2n) is 6.42. The van der Waals surface area contributed by atoms with Crippen molar-refractivity contribution in [2.75, 3.05) is 0 Å². The molecule has 0 spiro atoms. The number of hydrogen-bond donors (Lipinski definition) is 2. The van der Waals surface area contributed by atoms with Gasteiger partial charge in [-0.3, -0.25) is 4.55 Å². The van der Waals surface area contributed by atoms with Gasteiger partial charge in [0.15, 0.2) is 0 Å². The predicted molar refractivity (Wildman–Crippen MR) is 92.7 cm³/mol. The van der Waals surface area contributed by atoms with Gasteiger partial charge in [0.05, 0.1) is 11.4 Å². The molecule has 0 aromatic heterocycles. The highest BCUT2D eigenvalue weighted by molar-refractivity contribution is 7.86. The fourth-order valence-electron chi connectivity index (χ4n) is 2.75. The Morgan fingerprint density at radius 1 is 0.727 bits per heavy atom. The summed E-state index contributed by atoms with van der Waals surface area (Å²) in [5, 5.41) is 9.24. The Labute approximate surface area is 137 Å². The fraction of sp³-hybridized carbons (Fsp3) is 1.00. The molecule has 0 bridgehead atoms. The van der Waals surface area contributed by atoms with Crippen molar-refractivity contribution >= 4 is 10.1 Å². The van der Waals surface area contributed by atoms with E-state index in [1.807, 2.05) is 0 Å². The highest BCUT2D eigenvalue weighted by atomic mass is 32.2. The van der Waals surface area contributed by atoms with Gasteiger partial charge in [-0.25, -0.2) is 0 Å². The van der Waals surface area contributed by atoms with Crippen molar-refractivity contribution in [2.45, 2.75) is 109 Å². The van der Waals surface area contributed by atoms with E-state index in [0.717, 1.165) is 44.9 Å². The molecule has 0 aliphatic carbocycles. The van der Waals surface area contributed by atoms with Gasteiger partial charge in [0, 0.05) is 0 Å². The number of unbranched alkanes of at least 4 members (excludes halogenated alkanes) is 7. The van der Waals surface area contributed by atoms with E-state index >= 15 is 0 Å². The molecule has 4 nitrogen and oxygen atoms in total. The lowest BCUT2D eigenvalue weighted by Crippen LogP contribution is -2.22. The van der Waals surface area contributed by atoms with Crippen LogP contribution in [0.15, 0.2) is 0 Å². The van der Waals surface area contributed by atoms with Crippen molar-refractivity contribution in [3.05, 3.63) is 0 Å². The van der Waals surface area contributed by atoms with Crippen molar-refractivity contribution < 1.29 is 18.1 Å². The Hall–Kier alpha value is -0.130. The lowest BCUT2D eigenvalue weighted by molar-refractivity contribution is 0.147. The van der Waals surface area contributed by atoms with E-state index in [0.29, 0.717) is 19.3 Å². The van der Waals surface area contributed by atoms with Gasteiger partial charge >= 0.3 is 0 Å². The van der Waals surface area contributed by atoms with E-state index in [4.69, 9.17) is 0 Å². The minimum Gasteiger partial charge on any atom is -0.393 e. The number of rotatable bonds is 15. The molecule has 2 N–H and O–H groups in total. The third-order valence-electron chi connectivity index (χ3n) is 4.26. The first-order valence-electron chi connectivity index (χ1n) is 9.06. The third-order valence-corrected chi connectivity index (χ3v) is 5.58. The fourth-order valence-corrected chi connectivity index (χ4v) is 3.65. The summed E-state index contributed by atoms with van der Waals surface area (Å²) in [7, 11) is -3.99. The summed E-state index contributed by atoms with van der Waals surface area (Å²) in [4.78, 5) is 0. The third kappa shape index (κ3) is 12.4. The summed E-state index contributed by atoms with van der Waals surface area (Å²) >= 11 is 0. The van der Waals surface area contributed by atoms with Gasteiger partial charge in [-0.05, 0) is 25.7 Å². The average molecular weight is 337 g/mol. The second-order valence-corrected chi connectivity index (χ2v) is 8.12. The zero-order valence-corrected chi connectivity index (χ0v) is 15.3. The van der Waals surface area contributed by atoms with Gasteiger partial charge < -0.3 is 5.11 Å². The van der Waals surface area contributed by atoms with Crippen LogP contribution in [-0.4, -0.2) is 29.4 Å². The van der Waals surface area contributed by atoms with E-state index in [1.165, 1.54) is 19.3 Å². The summed E-state index contributed by atoms with van der Waals surface area (Å²) < 4.78 is 32.1. The molecular formula is C17H36O4S. The van der Waals surface area contributed by atoms with Crippen LogP contribution in [-0.2, 0) is 10.1 Å². The Balaban J connectivity index is 3.95. The maximum Gasteiger partial charge on any atom is 0.267 e. The number of aliphatic hydroxyl groups is 1. The maximum atomic E-state index is 11.4. The summed E-state index contributed by atoms with van der Waals surface area (Å²) in [6.07, 6.45) is 11.4. The first kappa shape index (κ1) is 21.9. The average Bonchev–Trinajstić information content (AvgIpc) is 2.45. The van der Waals surface area contributed by atoms with E-state index in [-0.39, 0.29) is 0 Å². The molecule has 0 fully saturated rings. The molecule has 0 radical (unpaired) electrons. The molecule has 2 atom stereocenters. The standard InChI is InChI=1S/C17H36O4S/c1-3-5-7-9-10-12-16(18)14-15-17(22(19,20)21)13-11-8-6-4-2/h16-18H,3-15H2,1-2H3,(H,19,20,21). The van der Waals surface area contributed by atoms with Gasteiger partial charge in [-0.1, -0.05) is 71.6 Å². The molecule has 0 saturated heterocycles. The second kappa shape index (κ2) is 13.3. The summed E-state index contributed by atoms with van der Waals surface area (Å²) in [6, 6.07) is 0. The van der Waals surface area contributed by atoms with Crippen LogP contribution in [0.5, 0.6) is 0 Å². The first-order valence-corrected chi connectivity index (χ1v) is 10.6. The van der Waals surface area contributed by atoms with Crippen LogP contribution in [0.2, 0.25) is 0 Å². The smallest absolute Gasteiger partial charge is 0.267 e. The van der Waals surface area contributed by atoms with Crippen LogP contribution < -0.4 is 0 Å². The summed E-state index contributed by atoms with van der Waals surface area (Å²) in [6.45, 7) is 4.28. The SMILES string of the molecule is CCCCCCCC(O)CCC(CCCCCC)S(=O)(=O)O. The number of aliphatic hydroxyl groups excluding tert-OH is 1. The molecule has 0 aromatic carbocycles. The molecule has 0 rings (SSSR count). The Morgan fingerprint density at radius 3 is 1.77 bits per heavy atom. The Kier molecular flexibility index (Phi) is 13.2. The van der Waals surface area contributed by atoms with Crippen molar-refractivity contribution in [1.29, 1.82) is 0 Å². The predicted octanol–water partition coefficient (Wildman–Crippen LogP) is 4.71. The first-order chi connectivity index (χ1) is 10.4. The zero-order chi connectivity index (χ0) is 16.8. The van der Waals surface area contributed by atoms with E-state index in [2.05, 4.69) is 13.8 Å². The van der Waals surface area contributed by atoms with E-state index in [9.17, 15) is 18.1 Å². The molecule has 2 unspecified atom stereocenters. The quantitative estimate of drug-likeness (QED) is 0.335. The molecule has 0 saturated carbocycles. The van der Waals surface area contributed by atoms with E-state index in [1.54, 1.807) is 0 Å².